The van der Waals surface area contributed by atoms with Crippen LogP contribution in [0.15, 0.2) is 60.9 Å². The summed E-state index contributed by atoms with van der Waals surface area (Å²) in [6, 6.07) is 13.9. The van der Waals surface area contributed by atoms with Crippen molar-refractivity contribution in [3.63, 3.8) is 0 Å². The maximum Gasteiger partial charge on any atom is 0.321 e. The Labute approximate surface area is 174 Å². The highest BCUT2D eigenvalue weighted by Gasteiger charge is 2.25. The summed E-state index contributed by atoms with van der Waals surface area (Å²) in [4.78, 5) is 31.0. The lowest BCUT2D eigenvalue weighted by Gasteiger charge is -2.21. The number of imidazole rings is 1. The largest absolute Gasteiger partial charge is 0.496 e. The molecule has 8 heteroatoms. The molecule has 1 aliphatic rings. The van der Waals surface area contributed by atoms with Gasteiger partial charge in [-0.25, -0.2) is 9.78 Å². The molecule has 1 aromatic heterocycles. The second kappa shape index (κ2) is 8.28. The van der Waals surface area contributed by atoms with Crippen molar-refractivity contribution in [3.8, 4) is 5.75 Å². The number of ether oxygens (including phenoxy) is 1. The van der Waals surface area contributed by atoms with Crippen molar-refractivity contribution in [1.82, 2.24) is 20.2 Å². The molecule has 0 radical (unpaired) electrons. The normalized spacial score (nSPS) is 14.3. The minimum atomic E-state index is -0.488. The number of para-hydroxylation sites is 1. The van der Waals surface area contributed by atoms with E-state index in [9.17, 15) is 9.59 Å². The zero-order chi connectivity index (χ0) is 21.1. The van der Waals surface area contributed by atoms with Crippen molar-refractivity contribution < 1.29 is 14.3 Å². The summed E-state index contributed by atoms with van der Waals surface area (Å²) in [5, 5.41) is 5.84. The topological polar surface area (TPSA) is 88.5 Å². The first-order valence-corrected chi connectivity index (χ1v) is 9.65. The average molecular weight is 405 g/mol. The van der Waals surface area contributed by atoms with Gasteiger partial charge in [-0.1, -0.05) is 18.2 Å². The van der Waals surface area contributed by atoms with Crippen molar-refractivity contribution in [2.75, 3.05) is 25.1 Å². The predicted molar refractivity (Wildman–Crippen MR) is 113 cm³/mol. The molecule has 4 rings (SSSR count). The summed E-state index contributed by atoms with van der Waals surface area (Å²) < 4.78 is 7.37. The number of carbonyl (C=O) groups is 2. The Kier molecular flexibility index (Phi) is 5.38. The van der Waals surface area contributed by atoms with Gasteiger partial charge in [0.05, 0.1) is 7.11 Å². The number of aromatic nitrogens is 2. The number of nitrogens with one attached hydrogen (secondary N) is 2. The first kappa shape index (κ1) is 19.5. The molecule has 3 aromatic rings. The standard InChI is InChI=1S/C22H23N5O3/c1-26-13-11-23-20(26)19(17-5-3-4-6-18(17)30-2)25-21(28)15-7-9-16(10-8-15)27-14-12-24-22(27)29/h3-11,13,19H,12,14H2,1-2H3,(H,24,29)(H,25,28). The van der Waals surface area contributed by atoms with Gasteiger partial charge in [-0.2, -0.15) is 0 Å². The molecule has 154 valence electrons. The summed E-state index contributed by atoms with van der Waals surface area (Å²) >= 11 is 0. The molecule has 2 aromatic carbocycles. The van der Waals surface area contributed by atoms with Crippen LogP contribution in [0.5, 0.6) is 5.75 Å². The van der Waals surface area contributed by atoms with E-state index in [0.29, 0.717) is 30.2 Å². The molecule has 1 saturated heterocycles. The number of aryl methyl sites for hydroxylation is 1. The molecule has 0 spiro atoms. The summed E-state index contributed by atoms with van der Waals surface area (Å²) in [7, 11) is 3.48. The van der Waals surface area contributed by atoms with E-state index in [4.69, 9.17) is 4.74 Å². The molecular weight excluding hydrogens is 382 g/mol. The molecule has 30 heavy (non-hydrogen) atoms. The number of rotatable bonds is 6. The van der Waals surface area contributed by atoms with Crippen LogP contribution >= 0.6 is 0 Å². The van der Waals surface area contributed by atoms with Crippen LogP contribution in [0, 0.1) is 0 Å². The highest BCUT2D eigenvalue weighted by Crippen LogP contribution is 2.29. The molecule has 1 fully saturated rings. The minimum Gasteiger partial charge on any atom is -0.496 e. The molecule has 0 aliphatic carbocycles. The number of carbonyl (C=O) groups excluding carboxylic acids is 2. The molecule has 1 unspecified atom stereocenters. The Balaban J connectivity index is 1.61. The fourth-order valence-corrected chi connectivity index (χ4v) is 3.57. The number of amides is 3. The van der Waals surface area contributed by atoms with E-state index in [2.05, 4.69) is 15.6 Å². The number of methoxy groups -OCH3 is 1. The zero-order valence-corrected chi connectivity index (χ0v) is 16.8. The highest BCUT2D eigenvalue weighted by atomic mass is 16.5. The third-order valence-electron chi connectivity index (χ3n) is 5.14. The minimum absolute atomic E-state index is 0.127. The van der Waals surface area contributed by atoms with Gasteiger partial charge in [0.25, 0.3) is 5.91 Å². The number of nitrogens with zero attached hydrogens (tertiary/aromatic N) is 3. The molecule has 2 heterocycles. The Bertz CT molecular complexity index is 1060. The van der Waals surface area contributed by atoms with Crippen molar-refractivity contribution >= 4 is 17.6 Å². The zero-order valence-electron chi connectivity index (χ0n) is 16.8. The van der Waals surface area contributed by atoms with Gasteiger partial charge in [-0.15, -0.1) is 0 Å². The molecule has 2 N–H and O–H groups in total. The fourth-order valence-electron chi connectivity index (χ4n) is 3.57. The predicted octanol–water partition coefficient (Wildman–Crippen LogP) is 2.48. The maximum atomic E-state index is 13.0. The molecular formula is C22H23N5O3. The van der Waals surface area contributed by atoms with Crippen LogP contribution in [0.4, 0.5) is 10.5 Å². The average Bonchev–Trinajstić information content (AvgIpc) is 3.40. The van der Waals surface area contributed by atoms with E-state index < -0.39 is 6.04 Å². The SMILES string of the molecule is COc1ccccc1C(NC(=O)c1ccc(N2CCNC2=O)cc1)c1nccn1C. The number of urea groups is 1. The second-order valence-electron chi connectivity index (χ2n) is 6.98. The molecule has 1 atom stereocenters. The van der Waals surface area contributed by atoms with E-state index in [1.807, 2.05) is 42.1 Å². The molecule has 0 bridgehead atoms. The van der Waals surface area contributed by atoms with Gasteiger partial charge in [0.2, 0.25) is 0 Å². The Hall–Kier alpha value is -3.81. The first-order valence-electron chi connectivity index (χ1n) is 9.65. The molecule has 0 saturated carbocycles. The summed E-state index contributed by atoms with van der Waals surface area (Å²) in [6.45, 7) is 1.23. The van der Waals surface area contributed by atoms with Gasteiger partial charge < -0.3 is 19.9 Å². The van der Waals surface area contributed by atoms with Crippen LogP contribution in [0.1, 0.15) is 27.8 Å². The second-order valence-corrected chi connectivity index (χ2v) is 6.98. The van der Waals surface area contributed by atoms with Crippen LogP contribution < -0.4 is 20.3 Å². The smallest absolute Gasteiger partial charge is 0.321 e. The lowest BCUT2D eigenvalue weighted by Crippen LogP contribution is -2.31. The van der Waals surface area contributed by atoms with Gasteiger partial charge >= 0.3 is 6.03 Å². The van der Waals surface area contributed by atoms with E-state index >= 15 is 0 Å². The van der Waals surface area contributed by atoms with E-state index in [0.717, 1.165) is 11.3 Å². The third-order valence-corrected chi connectivity index (χ3v) is 5.14. The lowest BCUT2D eigenvalue weighted by molar-refractivity contribution is 0.0941. The summed E-state index contributed by atoms with van der Waals surface area (Å²) in [5.41, 5.74) is 2.06. The van der Waals surface area contributed by atoms with Crippen LogP contribution in [-0.4, -0.2) is 41.7 Å². The lowest BCUT2D eigenvalue weighted by atomic mass is 10.0. The Morgan fingerprint density at radius 3 is 2.60 bits per heavy atom. The molecule has 8 nitrogen and oxygen atoms in total. The monoisotopic (exact) mass is 405 g/mol. The Morgan fingerprint density at radius 1 is 1.20 bits per heavy atom. The van der Waals surface area contributed by atoms with Crippen molar-refractivity contribution in [1.29, 1.82) is 0 Å². The van der Waals surface area contributed by atoms with Crippen LogP contribution in [0.2, 0.25) is 0 Å². The summed E-state index contributed by atoms with van der Waals surface area (Å²) in [6.07, 6.45) is 3.53. The van der Waals surface area contributed by atoms with Crippen LogP contribution in [-0.2, 0) is 7.05 Å². The third kappa shape index (κ3) is 3.71. The van der Waals surface area contributed by atoms with Gasteiger partial charge in [0.1, 0.15) is 17.6 Å². The number of hydrogen-bond donors (Lipinski definition) is 2. The van der Waals surface area contributed by atoms with Crippen molar-refractivity contribution in [3.05, 3.63) is 77.9 Å². The first-order chi connectivity index (χ1) is 14.6. The Morgan fingerprint density at radius 2 is 1.97 bits per heavy atom. The van der Waals surface area contributed by atoms with Gasteiger partial charge in [-0.05, 0) is 30.3 Å². The number of anilines is 1. The van der Waals surface area contributed by atoms with E-state index in [1.165, 1.54) is 0 Å². The summed E-state index contributed by atoms with van der Waals surface area (Å²) in [5.74, 6) is 1.12. The van der Waals surface area contributed by atoms with E-state index in [-0.39, 0.29) is 11.9 Å². The number of benzene rings is 2. The van der Waals surface area contributed by atoms with Gasteiger partial charge in [0, 0.05) is 49.3 Å². The fraction of sp³-hybridized carbons (Fsp3) is 0.227. The van der Waals surface area contributed by atoms with E-state index in [1.54, 1.807) is 42.5 Å². The number of hydrogen-bond acceptors (Lipinski definition) is 4. The molecule has 1 aliphatic heterocycles. The quantitative estimate of drug-likeness (QED) is 0.660. The van der Waals surface area contributed by atoms with Crippen LogP contribution in [0.3, 0.4) is 0 Å². The van der Waals surface area contributed by atoms with Crippen molar-refractivity contribution in [2.24, 2.45) is 7.05 Å². The molecule has 3 amide bonds. The van der Waals surface area contributed by atoms with Crippen LogP contribution in [0.25, 0.3) is 0 Å². The van der Waals surface area contributed by atoms with Crippen molar-refractivity contribution in [2.45, 2.75) is 6.04 Å². The van der Waals surface area contributed by atoms with Gasteiger partial charge in [0.15, 0.2) is 0 Å². The van der Waals surface area contributed by atoms with Gasteiger partial charge in [-0.3, -0.25) is 9.69 Å². The maximum absolute atomic E-state index is 13.0. The highest BCUT2D eigenvalue weighted by molar-refractivity contribution is 5.97.